The second-order valence-corrected chi connectivity index (χ2v) is 0. The maximum Gasteiger partial charge on any atom is 1.00 e. The first-order valence-corrected chi connectivity index (χ1v) is 0.224. The summed E-state index contributed by atoms with van der Waals surface area (Å²) in [5.74, 6) is 0. The van der Waals surface area contributed by atoms with Crippen molar-refractivity contribution in [3.05, 3.63) is 6.57 Å². The Hall–Kier alpha value is 2.94. The van der Waals surface area contributed by atoms with Gasteiger partial charge in [0.25, 0.3) is 0 Å². The van der Waals surface area contributed by atoms with Gasteiger partial charge in [0.15, 0.2) is 0 Å². The predicted octanol–water partition coefficient (Wildman–Crippen LogP) is -5.25. The molecule has 0 aromatic carbocycles. The molecule has 0 saturated heterocycles. The molecule has 0 aliphatic carbocycles. The summed E-state index contributed by atoms with van der Waals surface area (Å²) in [6.07, 6.45) is 0. The molecular formula is CH3ClFeKNNa-. The van der Waals surface area contributed by atoms with Gasteiger partial charge in [-0.25, -0.2) is 0 Å². The Kier molecular flexibility index (Phi) is 268. The van der Waals surface area contributed by atoms with E-state index in [-0.39, 0.29) is 113 Å². The van der Waals surface area contributed by atoms with Crippen LogP contribution in [0.5, 0.6) is 0 Å². The van der Waals surface area contributed by atoms with Gasteiger partial charge in [-0.2, -0.15) is 0 Å². The Balaban J connectivity index is -0.000000000333. The molecule has 0 spiro atoms. The summed E-state index contributed by atoms with van der Waals surface area (Å²) in [5.41, 5.74) is 0. The number of hydrogen-bond donors (Lipinski definition) is 0. The number of nitrogens with zero attached hydrogens (tertiary/aromatic N) is 1. The van der Waals surface area contributed by atoms with Crippen LogP contribution in [0.1, 0.15) is 2.85 Å². The number of halogens is 1. The molecule has 0 aromatic rings. The van der Waals surface area contributed by atoms with E-state index in [2.05, 4.69) is 0 Å². The van der Waals surface area contributed by atoms with Gasteiger partial charge in [0.2, 0.25) is 0 Å². The molecule has 0 aromatic heterocycles. The Morgan fingerprint density at radius 1 is 1.33 bits per heavy atom. The van der Waals surface area contributed by atoms with Crippen LogP contribution in [0.15, 0.2) is 0 Å². The topological polar surface area (TPSA) is 23.8 Å². The molecule has 0 fully saturated rings. The van der Waals surface area contributed by atoms with Crippen LogP contribution in [0.4, 0.5) is 0 Å². The van der Waals surface area contributed by atoms with Gasteiger partial charge in [0.05, 0.1) is 0 Å². The molecule has 0 aliphatic rings. The van der Waals surface area contributed by atoms with Crippen molar-refractivity contribution in [2.24, 2.45) is 0 Å². The van der Waals surface area contributed by atoms with Gasteiger partial charge in [0, 0.05) is 17.1 Å². The molecule has 0 rings (SSSR count). The van der Waals surface area contributed by atoms with Gasteiger partial charge in [-0.3, -0.25) is 0 Å². The molecule has 0 saturated carbocycles. The number of hydrogen-bond acceptors (Lipinski definition) is 1. The standard InChI is InChI=1S/CN.ClH.Fe.K.Na.2H/c1-2;;;;;;/h;1H;;;;;/q-1;;;2*+1;2*-1. The molecule has 0 N–H and O–H groups in total. The van der Waals surface area contributed by atoms with Gasteiger partial charge < -0.3 is 14.7 Å². The van der Waals surface area contributed by atoms with Crippen LogP contribution in [0.2, 0.25) is 0 Å². The molecule has 0 atom stereocenters. The maximum absolute atomic E-state index is 6.25. The Bertz CT molecular complexity index is 26.8. The third-order valence-corrected chi connectivity index (χ3v) is 0. The summed E-state index contributed by atoms with van der Waals surface area (Å²) < 4.78 is 0. The zero-order valence-electron chi connectivity index (χ0n) is 5.71. The smallest absolute Gasteiger partial charge is 1.00 e. The monoisotopic (exact) mass is 182 g/mol. The average Bonchev–Trinajstić information content (AvgIpc) is 1.00. The van der Waals surface area contributed by atoms with Crippen molar-refractivity contribution in [3.63, 3.8) is 0 Å². The third-order valence-electron chi connectivity index (χ3n) is 0. The normalized spacial score (nSPS) is 0.333. The zero-order chi connectivity index (χ0) is 2.00. The van der Waals surface area contributed by atoms with Crippen molar-refractivity contribution in [3.8, 4) is 0 Å². The van der Waals surface area contributed by atoms with Crippen LogP contribution < -0.4 is 80.9 Å². The minimum Gasteiger partial charge on any atom is -1.00 e. The molecule has 6 heavy (non-hydrogen) atoms. The minimum absolute atomic E-state index is 0. The largest absolute Gasteiger partial charge is 1.00 e. The molecular weight excluding hydrogens is 179 g/mol. The van der Waals surface area contributed by atoms with Gasteiger partial charge in [0.1, 0.15) is 0 Å². The van der Waals surface area contributed by atoms with Crippen molar-refractivity contribution in [1.82, 2.24) is 0 Å². The Labute approximate surface area is 122 Å². The molecule has 0 aliphatic heterocycles. The maximum atomic E-state index is 6.25. The van der Waals surface area contributed by atoms with Crippen LogP contribution in [0.25, 0.3) is 0 Å². The van der Waals surface area contributed by atoms with E-state index < -0.39 is 0 Å². The second kappa shape index (κ2) is 44.3. The average molecular weight is 182 g/mol. The molecule has 0 amide bonds. The van der Waals surface area contributed by atoms with E-state index in [1.807, 2.05) is 0 Å². The van der Waals surface area contributed by atoms with Gasteiger partial charge >= 0.3 is 80.9 Å². The fourth-order valence-electron chi connectivity index (χ4n) is 0. The summed E-state index contributed by atoms with van der Waals surface area (Å²) in [7, 11) is 0. The fraction of sp³-hybridized carbons (Fsp3) is 0. The van der Waals surface area contributed by atoms with Crippen LogP contribution in [0, 0.1) is 11.8 Å². The summed E-state index contributed by atoms with van der Waals surface area (Å²) in [6.45, 7) is 4.75. The molecule has 0 bridgehead atoms. The summed E-state index contributed by atoms with van der Waals surface area (Å²) in [4.78, 5) is 0. The van der Waals surface area contributed by atoms with Crippen LogP contribution in [-0.4, -0.2) is 0 Å². The molecule has 0 unspecified atom stereocenters. The van der Waals surface area contributed by atoms with E-state index in [0.29, 0.717) is 0 Å². The van der Waals surface area contributed by atoms with Gasteiger partial charge in [-0.15, -0.1) is 12.4 Å². The summed E-state index contributed by atoms with van der Waals surface area (Å²) >= 11 is 0. The van der Waals surface area contributed by atoms with Crippen LogP contribution in [-0.2, 0) is 17.1 Å². The van der Waals surface area contributed by atoms with Crippen molar-refractivity contribution in [1.29, 1.82) is 5.26 Å². The van der Waals surface area contributed by atoms with Crippen molar-refractivity contribution in [2.75, 3.05) is 0 Å². The van der Waals surface area contributed by atoms with Gasteiger partial charge in [-0.05, 0) is 0 Å². The van der Waals surface area contributed by atoms with E-state index in [0.717, 1.165) is 0 Å². The van der Waals surface area contributed by atoms with Crippen LogP contribution >= 0.6 is 12.4 Å². The van der Waals surface area contributed by atoms with Crippen molar-refractivity contribution >= 4 is 12.4 Å². The number of rotatable bonds is 0. The van der Waals surface area contributed by atoms with E-state index in [1.165, 1.54) is 0 Å². The first-order chi connectivity index (χ1) is 1.00. The third kappa shape index (κ3) is 28.4. The van der Waals surface area contributed by atoms with E-state index in [4.69, 9.17) is 11.8 Å². The van der Waals surface area contributed by atoms with E-state index in [1.54, 1.807) is 0 Å². The first-order valence-electron chi connectivity index (χ1n) is 0.224. The Morgan fingerprint density at radius 2 is 1.33 bits per heavy atom. The quantitative estimate of drug-likeness (QED) is 0.271. The Morgan fingerprint density at radius 3 is 1.33 bits per heavy atom. The molecule has 5 heteroatoms. The molecule has 30 valence electrons. The van der Waals surface area contributed by atoms with Crippen LogP contribution in [0.3, 0.4) is 0 Å². The fourth-order valence-corrected chi connectivity index (χ4v) is 0. The van der Waals surface area contributed by atoms with Crippen molar-refractivity contribution in [2.45, 2.75) is 0 Å². The van der Waals surface area contributed by atoms with E-state index in [9.17, 15) is 0 Å². The molecule has 0 radical (unpaired) electrons. The second-order valence-electron chi connectivity index (χ2n) is 0. The zero-order valence-corrected chi connectivity index (χ0v) is 10.8. The summed E-state index contributed by atoms with van der Waals surface area (Å²) in [5, 5.41) is 6.25. The summed E-state index contributed by atoms with van der Waals surface area (Å²) in [6, 6.07) is 0. The van der Waals surface area contributed by atoms with Crippen molar-refractivity contribution < 1.29 is 101 Å². The SMILES string of the molecule is Cl.[C-]#N.[Fe].[H-].[H-].[K+].[Na+]. The molecule has 0 heterocycles. The first kappa shape index (κ1) is 36.3. The minimum atomic E-state index is 0. The van der Waals surface area contributed by atoms with E-state index >= 15 is 0 Å². The predicted molar refractivity (Wildman–Crippen MR) is 14.4 cm³/mol. The molecule has 1 nitrogen and oxygen atoms in total. The van der Waals surface area contributed by atoms with Gasteiger partial charge in [-0.1, -0.05) is 0 Å².